The van der Waals surface area contributed by atoms with Gasteiger partial charge in [0.05, 0.1) is 0 Å². The molecule has 0 fully saturated rings. The molecule has 0 amide bonds. The van der Waals surface area contributed by atoms with E-state index in [1.807, 2.05) is 30.3 Å². The number of para-hydroxylation sites is 1. The molecule has 0 bridgehead atoms. The topological polar surface area (TPSA) is 29.5 Å². The molecule has 0 aromatic heterocycles. The average molecular weight is 357 g/mol. The van der Waals surface area contributed by atoms with Crippen LogP contribution >= 0.6 is 0 Å². The van der Waals surface area contributed by atoms with E-state index in [1.165, 1.54) is 15.2 Å². The van der Waals surface area contributed by atoms with Crippen molar-refractivity contribution in [1.82, 2.24) is 0 Å². The summed E-state index contributed by atoms with van der Waals surface area (Å²) in [6.07, 6.45) is -0.424. The van der Waals surface area contributed by atoms with Gasteiger partial charge < -0.3 is 0 Å². The van der Waals surface area contributed by atoms with E-state index in [-0.39, 0.29) is 15.0 Å². The van der Waals surface area contributed by atoms with Gasteiger partial charge >= 0.3 is 137 Å². The van der Waals surface area contributed by atoms with Crippen molar-refractivity contribution >= 4 is 30.2 Å². The van der Waals surface area contributed by atoms with Gasteiger partial charge in [0.15, 0.2) is 0 Å². The first-order chi connectivity index (χ1) is 10.8. The molecule has 0 aliphatic heterocycles. The molecular weight excluding hydrogens is 339 g/mol. The fourth-order valence-electron chi connectivity index (χ4n) is 2.21. The zero-order valence-corrected chi connectivity index (χ0v) is 13.9. The SMILES string of the molecule is OC(COc1ccccc1)C[Se]c1ccc2ccccc2c1. The third-order valence-electron chi connectivity index (χ3n) is 3.35. The molecule has 0 saturated heterocycles. The maximum absolute atomic E-state index is 10.1. The Bertz CT molecular complexity index is 728. The molecule has 22 heavy (non-hydrogen) atoms. The van der Waals surface area contributed by atoms with E-state index in [2.05, 4.69) is 42.5 Å². The third kappa shape index (κ3) is 4.11. The van der Waals surface area contributed by atoms with Gasteiger partial charge in [0.25, 0.3) is 0 Å². The average Bonchev–Trinajstić information content (AvgIpc) is 2.59. The van der Waals surface area contributed by atoms with E-state index < -0.39 is 6.10 Å². The number of hydrogen-bond acceptors (Lipinski definition) is 2. The van der Waals surface area contributed by atoms with Crippen LogP contribution < -0.4 is 9.20 Å². The molecule has 2 nitrogen and oxygen atoms in total. The summed E-state index contributed by atoms with van der Waals surface area (Å²) < 4.78 is 6.90. The Morgan fingerprint density at radius 1 is 0.864 bits per heavy atom. The monoisotopic (exact) mass is 358 g/mol. The summed E-state index contributed by atoms with van der Waals surface area (Å²) in [6, 6.07) is 24.5. The van der Waals surface area contributed by atoms with Gasteiger partial charge in [-0.1, -0.05) is 0 Å². The van der Waals surface area contributed by atoms with Gasteiger partial charge in [0.1, 0.15) is 0 Å². The molecule has 0 aliphatic carbocycles. The molecule has 3 heteroatoms. The van der Waals surface area contributed by atoms with Gasteiger partial charge in [-0.25, -0.2) is 0 Å². The van der Waals surface area contributed by atoms with Crippen molar-refractivity contribution in [2.75, 3.05) is 6.61 Å². The second-order valence-electron chi connectivity index (χ2n) is 5.10. The van der Waals surface area contributed by atoms with Gasteiger partial charge in [0.2, 0.25) is 0 Å². The van der Waals surface area contributed by atoms with Crippen molar-refractivity contribution in [3.63, 3.8) is 0 Å². The quantitative estimate of drug-likeness (QED) is 0.688. The summed E-state index contributed by atoms with van der Waals surface area (Å²) in [5.41, 5.74) is 0. The zero-order valence-electron chi connectivity index (χ0n) is 12.2. The number of ether oxygens (including phenoxy) is 1. The Kier molecular flexibility index (Phi) is 5.12. The zero-order chi connectivity index (χ0) is 15.2. The molecule has 0 radical (unpaired) electrons. The van der Waals surface area contributed by atoms with E-state index in [4.69, 9.17) is 4.74 Å². The van der Waals surface area contributed by atoms with Crippen molar-refractivity contribution in [2.24, 2.45) is 0 Å². The normalized spacial score (nSPS) is 12.2. The van der Waals surface area contributed by atoms with E-state index in [9.17, 15) is 5.11 Å². The van der Waals surface area contributed by atoms with Crippen molar-refractivity contribution in [3.05, 3.63) is 72.8 Å². The first kappa shape index (κ1) is 15.1. The molecular formula is C19H18O2Se. The molecule has 112 valence electrons. The van der Waals surface area contributed by atoms with Gasteiger partial charge in [-0.05, 0) is 0 Å². The summed E-state index contributed by atoms with van der Waals surface area (Å²) in [4.78, 5) is 0. The van der Waals surface area contributed by atoms with Crippen molar-refractivity contribution in [1.29, 1.82) is 0 Å². The summed E-state index contributed by atoms with van der Waals surface area (Å²) in [5.74, 6) is 0.805. The Morgan fingerprint density at radius 2 is 1.59 bits per heavy atom. The van der Waals surface area contributed by atoms with Crippen LogP contribution in [0.15, 0.2) is 72.8 Å². The minimum atomic E-state index is -0.424. The van der Waals surface area contributed by atoms with Crippen LogP contribution in [-0.2, 0) is 0 Å². The molecule has 0 aliphatic rings. The fourth-order valence-corrected chi connectivity index (χ4v) is 4.00. The van der Waals surface area contributed by atoms with E-state index >= 15 is 0 Å². The molecule has 3 rings (SSSR count). The van der Waals surface area contributed by atoms with Crippen LogP contribution in [0.5, 0.6) is 5.75 Å². The molecule has 0 heterocycles. The van der Waals surface area contributed by atoms with Crippen LogP contribution in [0.4, 0.5) is 0 Å². The first-order valence-electron chi connectivity index (χ1n) is 7.29. The second-order valence-corrected chi connectivity index (χ2v) is 7.39. The van der Waals surface area contributed by atoms with Gasteiger partial charge in [-0.2, -0.15) is 0 Å². The molecule has 0 saturated carbocycles. The summed E-state index contributed by atoms with van der Waals surface area (Å²) >= 11 is 0.253. The first-order valence-corrected chi connectivity index (χ1v) is 9.35. The van der Waals surface area contributed by atoms with Gasteiger partial charge in [-0.3, -0.25) is 0 Å². The van der Waals surface area contributed by atoms with Gasteiger partial charge in [0, 0.05) is 0 Å². The van der Waals surface area contributed by atoms with Crippen LogP contribution in [0.2, 0.25) is 5.32 Å². The van der Waals surface area contributed by atoms with E-state index in [1.54, 1.807) is 0 Å². The molecule has 3 aromatic rings. The molecule has 1 unspecified atom stereocenters. The van der Waals surface area contributed by atoms with Crippen LogP contribution in [-0.4, -0.2) is 32.8 Å². The molecule has 3 aromatic carbocycles. The van der Waals surface area contributed by atoms with Crippen molar-refractivity contribution in [2.45, 2.75) is 11.4 Å². The molecule has 1 atom stereocenters. The number of aliphatic hydroxyl groups excluding tert-OH is 1. The summed E-state index contributed by atoms with van der Waals surface area (Å²) in [7, 11) is 0. The number of hydrogen-bond donors (Lipinski definition) is 1. The van der Waals surface area contributed by atoms with Crippen LogP contribution in [0.3, 0.4) is 0 Å². The van der Waals surface area contributed by atoms with E-state index in [0.717, 1.165) is 11.1 Å². The fraction of sp³-hybridized carbons (Fsp3) is 0.158. The van der Waals surface area contributed by atoms with Crippen molar-refractivity contribution < 1.29 is 9.84 Å². The number of fused-ring (bicyclic) bond motifs is 1. The molecule has 1 N–H and O–H groups in total. The van der Waals surface area contributed by atoms with Crippen LogP contribution in [0.25, 0.3) is 10.8 Å². The second kappa shape index (κ2) is 7.46. The number of aliphatic hydroxyl groups is 1. The maximum atomic E-state index is 10.1. The van der Waals surface area contributed by atoms with E-state index in [0.29, 0.717) is 6.61 Å². The Balaban J connectivity index is 1.52. The summed E-state index contributed by atoms with van der Waals surface area (Å²) in [5, 5.41) is 13.4. The number of rotatable bonds is 6. The van der Waals surface area contributed by atoms with Gasteiger partial charge in [-0.15, -0.1) is 0 Å². The number of benzene rings is 3. The Morgan fingerprint density at radius 3 is 2.41 bits per heavy atom. The minimum absolute atomic E-state index is 0.253. The van der Waals surface area contributed by atoms with Crippen molar-refractivity contribution in [3.8, 4) is 5.75 Å². The predicted octanol–water partition coefficient (Wildman–Crippen LogP) is 3.03. The Labute approximate surface area is 136 Å². The summed E-state index contributed by atoms with van der Waals surface area (Å²) in [6.45, 7) is 0.347. The standard InChI is InChI=1S/C19H18O2Se/c20-17(13-21-18-8-2-1-3-9-18)14-22-19-11-10-15-6-4-5-7-16(15)12-19/h1-12,17,20H,13-14H2. The Hall–Kier alpha value is -1.80. The van der Waals surface area contributed by atoms with Crippen LogP contribution in [0.1, 0.15) is 0 Å². The molecule has 0 spiro atoms. The third-order valence-corrected chi connectivity index (χ3v) is 5.74. The predicted molar refractivity (Wildman–Crippen MR) is 92.1 cm³/mol. The van der Waals surface area contributed by atoms with Crippen LogP contribution in [0, 0.1) is 0 Å².